The van der Waals surface area contributed by atoms with Crippen molar-refractivity contribution in [1.29, 1.82) is 0 Å². The summed E-state index contributed by atoms with van der Waals surface area (Å²) in [6, 6.07) is 4.71. The molecule has 1 aliphatic rings. The molecule has 0 radical (unpaired) electrons. The maximum atomic E-state index is 4.75. The molecule has 1 atom stereocenters. The molecule has 0 unspecified atom stereocenters. The van der Waals surface area contributed by atoms with Crippen molar-refractivity contribution in [3.8, 4) is 0 Å². The minimum absolute atomic E-state index is 0.417. The van der Waals surface area contributed by atoms with Gasteiger partial charge in [-0.15, -0.1) is 0 Å². The quantitative estimate of drug-likeness (QED) is 0.867. The molecule has 0 N–H and O–H groups in total. The fourth-order valence-corrected chi connectivity index (χ4v) is 3.56. The Morgan fingerprint density at radius 1 is 1.33 bits per heavy atom. The molecule has 0 saturated carbocycles. The van der Waals surface area contributed by atoms with Crippen molar-refractivity contribution in [1.82, 2.24) is 14.9 Å². The lowest BCUT2D eigenvalue weighted by molar-refractivity contribution is 0.137. The van der Waals surface area contributed by atoms with Gasteiger partial charge in [0.15, 0.2) is 0 Å². The van der Waals surface area contributed by atoms with Crippen LogP contribution >= 0.6 is 11.3 Å². The topological polar surface area (TPSA) is 32.3 Å². The summed E-state index contributed by atoms with van der Waals surface area (Å²) in [5.41, 5.74) is 2.57. The van der Waals surface area contributed by atoms with Gasteiger partial charge >= 0.3 is 0 Å². The summed E-state index contributed by atoms with van der Waals surface area (Å²) in [4.78, 5) is 13.6. The first kappa shape index (κ1) is 14.5. The number of piperidine rings is 1. The first-order chi connectivity index (χ1) is 10.2. The Kier molecular flexibility index (Phi) is 4.51. The molecule has 112 valence electrons. The molecule has 1 fully saturated rings. The molecular weight excluding hydrogens is 280 g/mol. The average Bonchev–Trinajstić information content (AvgIpc) is 3.01. The van der Waals surface area contributed by atoms with Gasteiger partial charge in [-0.25, -0.2) is 9.97 Å². The van der Waals surface area contributed by atoms with Crippen molar-refractivity contribution >= 4 is 17.3 Å². The lowest BCUT2D eigenvalue weighted by atomic mass is 9.98. The van der Waals surface area contributed by atoms with Gasteiger partial charge in [-0.05, 0) is 47.8 Å². The Hall–Kier alpha value is -1.46. The molecule has 0 aromatic carbocycles. The van der Waals surface area contributed by atoms with Crippen molar-refractivity contribution < 1.29 is 0 Å². The Balaban J connectivity index is 1.81. The number of nitrogens with zero attached hydrogens (tertiary/aromatic N) is 4. The number of thiophene rings is 1. The number of rotatable bonds is 4. The van der Waals surface area contributed by atoms with Crippen LogP contribution in [0.25, 0.3) is 0 Å². The smallest absolute Gasteiger partial charge is 0.225 e. The van der Waals surface area contributed by atoms with Crippen LogP contribution in [0.5, 0.6) is 0 Å². The lowest BCUT2D eigenvalue weighted by Crippen LogP contribution is -2.33. The van der Waals surface area contributed by atoms with E-state index in [1.165, 1.54) is 24.8 Å². The number of hydrogen-bond donors (Lipinski definition) is 0. The van der Waals surface area contributed by atoms with Gasteiger partial charge in [0.05, 0.1) is 11.7 Å². The second kappa shape index (κ2) is 6.54. The Bertz CT molecular complexity index is 567. The lowest BCUT2D eigenvalue weighted by Gasteiger charge is -2.35. The molecule has 1 aliphatic heterocycles. The number of likely N-dealkylation sites (tertiary alicyclic amines) is 1. The third kappa shape index (κ3) is 3.41. The van der Waals surface area contributed by atoms with E-state index in [0.29, 0.717) is 6.04 Å². The maximum Gasteiger partial charge on any atom is 0.225 e. The van der Waals surface area contributed by atoms with Gasteiger partial charge in [-0.2, -0.15) is 11.3 Å². The van der Waals surface area contributed by atoms with E-state index in [4.69, 9.17) is 4.98 Å². The van der Waals surface area contributed by atoms with Crippen molar-refractivity contribution in [2.45, 2.75) is 31.8 Å². The molecule has 21 heavy (non-hydrogen) atoms. The molecule has 0 bridgehead atoms. The fraction of sp³-hybridized carbons (Fsp3) is 0.500. The standard InChI is InChI=1S/C16H22N4S/c1-19(2)16-17-8-6-14(18-16)15-5-3-4-9-20(15)11-13-7-10-21-12-13/h6-8,10,12,15H,3-5,9,11H2,1-2H3/t15-/m1/s1. The van der Waals surface area contributed by atoms with E-state index in [2.05, 4.69) is 32.8 Å². The largest absolute Gasteiger partial charge is 0.347 e. The first-order valence-electron chi connectivity index (χ1n) is 7.49. The highest BCUT2D eigenvalue weighted by Crippen LogP contribution is 2.31. The van der Waals surface area contributed by atoms with Crippen LogP contribution in [0.2, 0.25) is 0 Å². The second-order valence-electron chi connectivity index (χ2n) is 5.79. The van der Waals surface area contributed by atoms with E-state index in [-0.39, 0.29) is 0 Å². The van der Waals surface area contributed by atoms with Crippen LogP contribution in [-0.4, -0.2) is 35.5 Å². The third-order valence-electron chi connectivity index (χ3n) is 3.99. The Morgan fingerprint density at radius 2 is 2.24 bits per heavy atom. The molecular formula is C16H22N4S. The van der Waals surface area contributed by atoms with Crippen LogP contribution < -0.4 is 4.90 Å². The molecule has 0 aliphatic carbocycles. The van der Waals surface area contributed by atoms with Gasteiger partial charge in [0.25, 0.3) is 0 Å². The van der Waals surface area contributed by atoms with Gasteiger partial charge in [0, 0.05) is 26.8 Å². The Morgan fingerprint density at radius 3 is 3.00 bits per heavy atom. The molecule has 4 nitrogen and oxygen atoms in total. The van der Waals surface area contributed by atoms with Crippen LogP contribution in [0, 0.1) is 0 Å². The minimum atomic E-state index is 0.417. The van der Waals surface area contributed by atoms with Crippen molar-refractivity contribution in [2.75, 3.05) is 25.5 Å². The molecule has 2 aromatic heterocycles. The monoisotopic (exact) mass is 302 g/mol. The van der Waals surface area contributed by atoms with Gasteiger partial charge < -0.3 is 4.90 Å². The van der Waals surface area contributed by atoms with Crippen molar-refractivity contribution in [3.63, 3.8) is 0 Å². The number of hydrogen-bond acceptors (Lipinski definition) is 5. The molecule has 2 aromatic rings. The van der Waals surface area contributed by atoms with Crippen LogP contribution in [-0.2, 0) is 6.54 Å². The minimum Gasteiger partial charge on any atom is -0.347 e. The Labute approximate surface area is 130 Å². The van der Waals surface area contributed by atoms with Crippen molar-refractivity contribution in [3.05, 3.63) is 40.3 Å². The summed E-state index contributed by atoms with van der Waals surface area (Å²) >= 11 is 1.77. The van der Waals surface area contributed by atoms with E-state index in [0.717, 1.165) is 24.7 Å². The summed E-state index contributed by atoms with van der Waals surface area (Å²) in [6.07, 6.45) is 5.64. The van der Waals surface area contributed by atoms with Gasteiger partial charge in [0.2, 0.25) is 5.95 Å². The van der Waals surface area contributed by atoms with Crippen molar-refractivity contribution in [2.24, 2.45) is 0 Å². The summed E-state index contributed by atoms with van der Waals surface area (Å²) in [5.74, 6) is 0.800. The first-order valence-corrected chi connectivity index (χ1v) is 8.44. The van der Waals surface area contributed by atoms with Crippen LogP contribution in [0.1, 0.15) is 36.6 Å². The second-order valence-corrected chi connectivity index (χ2v) is 6.57. The molecule has 1 saturated heterocycles. The summed E-state index contributed by atoms with van der Waals surface area (Å²) < 4.78 is 0. The predicted molar refractivity (Wildman–Crippen MR) is 87.7 cm³/mol. The zero-order valence-electron chi connectivity index (χ0n) is 12.7. The van der Waals surface area contributed by atoms with E-state index < -0.39 is 0 Å². The molecule has 3 heterocycles. The predicted octanol–water partition coefficient (Wildman–Crippen LogP) is 3.33. The summed E-state index contributed by atoms with van der Waals surface area (Å²) in [6.45, 7) is 2.18. The maximum absolute atomic E-state index is 4.75. The van der Waals surface area contributed by atoms with Crippen LogP contribution in [0.3, 0.4) is 0 Å². The summed E-state index contributed by atoms with van der Waals surface area (Å²) in [7, 11) is 3.98. The average molecular weight is 302 g/mol. The molecule has 5 heteroatoms. The third-order valence-corrected chi connectivity index (χ3v) is 4.72. The molecule has 0 amide bonds. The van der Waals surface area contributed by atoms with Gasteiger partial charge in [-0.1, -0.05) is 6.42 Å². The van der Waals surface area contributed by atoms with E-state index in [1.54, 1.807) is 11.3 Å². The highest BCUT2D eigenvalue weighted by molar-refractivity contribution is 7.07. The van der Waals surface area contributed by atoms with E-state index in [9.17, 15) is 0 Å². The number of anilines is 1. The van der Waals surface area contributed by atoms with E-state index in [1.807, 2.05) is 25.2 Å². The van der Waals surface area contributed by atoms with Crippen LogP contribution in [0.15, 0.2) is 29.1 Å². The van der Waals surface area contributed by atoms with Gasteiger partial charge in [-0.3, -0.25) is 4.90 Å². The zero-order chi connectivity index (χ0) is 14.7. The van der Waals surface area contributed by atoms with Crippen LogP contribution in [0.4, 0.5) is 5.95 Å². The SMILES string of the molecule is CN(C)c1nccc([C@H]2CCCCN2Cc2ccsc2)n1. The highest BCUT2D eigenvalue weighted by atomic mass is 32.1. The fourth-order valence-electron chi connectivity index (χ4n) is 2.90. The number of aromatic nitrogens is 2. The zero-order valence-corrected chi connectivity index (χ0v) is 13.5. The van der Waals surface area contributed by atoms with E-state index >= 15 is 0 Å². The molecule has 0 spiro atoms. The van der Waals surface area contributed by atoms with Gasteiger partial charge in [0.1, 0.15) is 0 Å². The molecule has 3 rings (SSSR count). The summed E-state index contributed by atoms with van der Waals surface area (Å²) in [5, 5.41) is 4.40. The highest BCUT2D eigenvalue weighted by Gasteiger charge is 2.25. The normalized spacial score (nSPS) is 19.6.